The molecule has 0 unspecified atom stereocenters. The van der Waals surface area contributed by atoms with Crippen molar-refractivity contribution in [1.29, 1.82) is 0 Å². The normalized spacial score (nSPS) is 17.1. The average molecular weight is 418 g/mol. The predicted octanol–water partition coefficient (Wildman–Crippen LogP) is 4.03. The van der Waals surface area contributed by atoms with Crippen LogP contribution in [0.15, 0.2) is 47.4 Å². The molecule has 1 aliphatic carbocycles. The van der Waals surface area contributed by atoms with Crippen molar-refractivity contribution in [2.75, 3.05) is 16.2 Å². The molecule has 0 bridgehead atoms. The first-order valence-electron chi connectivity index (χ1n) is 9.92. The van der Waals surface area contributed by atoms with Crippen molar-refractivity contribution in [3.63, 3.8) is 0 Å². The average Bonchev–Trinajstić information content (AvgIpc) is 3.14. The topological polar surface area (TPSA) is 78.5 Å². The first-order valence-corrected chi connectivity index (χ1v) is 11.4. The summed E-state index contributed by atoms with van der Waals surface area (Å²) < 4.78 is 40.8. The number of benzene rings is 2. The van der Waals surface area contributed by atoms with Gasteiger partial charge in [-0.05, 0) is 67.3 Å². The van der Waals surface area contributed by atoms with Gasteiger partial charge in [-0.15, -0.1) is 0 Å². The van der Waals surface area contributed by atoms with E-state index in [9.17, 15) is 17.6 Å². The van der Waals surface area contributed by atoms with Crippen molar-refractivity contribution in [1.82, 2.24) is 5.32 Å². The third-order valence-electron chi connectivity index (χ3n) is 5.53. The van der Waals surface area contributed by atoms with Crippen LogP contribution in [0.5, 0.6) is 0 Å². The number of hydrogen-bond acceptors (Lipinski definition) is 3. The van der Waals surface area contributed by atoms with Crippen molar-refractivity contribution >= 4 is 27.4 Å². The van der Waals surface area contributed by atoms with Gasteiger partial charge in [0.25, 0.3) is 10.0 Å². The Kier molecular flexibility index (Phi) is 5.45. The molecule has 2 N–H and O–H groups in total. The molecule has 1 saturated carbocycles. The maximum Gasteiger partial charge on any atom is 0.322 e. The fourth-order valence-electron chi connectivity index (χ4n) is 3.99. The van der Waals surface area contributed by atoms with E-state index < -0.39 is 15.8 Å². The van der Waals surface area contributed by atoms with E-state index in [0.29, 0.717) is 18.7 Å². The maximum atomic E-state index is 13.0. The van der Waals surface area contributed by atoms with E-state index >= 15 is 0 Å². The van der Waals surface area contributed by atoms with Crippen molar-refractivity contribution < 1.29 is 17.6 Å². The second-order valence-electron chi connectivity index (χ2n) is 7.59. The summed E-state index contributed by atoms with van der Waals surface area (Å²) >= 11 is 0. The number of carbonyl (C=O) groups excluding carboxylic acids is 1. The van der Waals surface area contributed by atoms with Crippen LogP contribution in [0.25, 0.3) is 0 Å². The Balaban J connectivity index is 1.48. The van der Waals surface area contributed by atoms with Gasteiger partial charge in [-0.2, -0.15) is 0 Å². The Hall–Kier alpha value is -2.61. The number of halogens is 1. The van der Waals surface area contributed by atoms with E-state index in [0.717, 1.165) is 36.9 Å². The fraction of sp³-hybridized carbons (Fsp3) is 0.381. The molecule has 0 aromatic heterocycles. The summed E-state index contributed by atoms with van der Waals surface area (Å²) in [6.07, 6.45) is 6.14. The van der Waals surface area contributed by atoms with Crippen molar-refractivity contribution in [3.05, 3.63) is 53.8 Å². The Morgan fingerprint density at radius 3 is 2.48 bits per heavy atom. The zero-order valence-electron chi connectivity index (χ0n) is 16.0. The molecule has 0 atom stereocenters. The molecule has 1 heterocycles. The summed E-state index contributed by atoms with van der Waals surface area (Å²) in [6, 6.07) is 10.0. The Morgan fingerprint density at radius 1 is 1.03 bits per heavy atom. The Labute approximate surface area is 170 Å². The molecule has 0 radical (unpaired) electrons. The smallest absolute Gasteiger partial charge is 0.322 e. The van der Waals surface area contributed by atoms with Crippen LogP contribution in [0.2, 0.25) is 0 Å². The molecule has 4 rings (SSSR count). The zero-order valence-corrected chi connectivity index (χ0v) is 16.8. The summed E-state index contributed by atoms with van der Waals surface area (Å²) in [5.74, 6) is -0.433. The molecule has 8 heteroatoms. The summed E-state index contributed by atoms with van der Waals surface area (Å²) in [5.41, 5.74) is 1.87. The minimum Gasteiger partial charge on any atom is -0.335 e. The van der Waals surface area contributed by atoms with Crippen LogP contribution in [-0.4, -0.2) is 27.0 Å². The van der Waals surface area contributed by atoms with Crippen LogP contribution in [0.1, 0.15) is 37.7 Å². The number of sulfonamides is 1. The van der Waals surface area contributed by atoms with Crippen LogP contribution in [0.3, 0.4) is 0 Å². The van der Waals surface area contributed by atoms with E-state index in [1.807, 2.05) is 0 Å². The number of hydrogen-bond donors (Lipinski definition) is 2. The lowest BCUT2D eigenvalue weighted by Crippen LogP contribution is -2.45. The number of amides is 2. The lowest BCUT2D eigenvalue weighted by Gasteiger charge is -2.26. The van der Waals surface area contributed by atoms with Gasteiger partial charge in [0.05, 0.1) is 4.90 Å². The second kappa shape index (κ2) is 8.02. The Morgan fingerprint density at radius 2 is 1.76 bits per heavy atom. The molecule has 1 fully saturated rings. The molecule has 29 heavy (non-hydrogen) atoms. The first-order chi connectivity index (χ1) is 13.9. The summed E-state index contributed by atoms with van der Waals surface area (Å²) in [6.45, 7) is 0.531. The van der Waals surface area contributed by atoms with Crippen molar-refractivity contribution in [2.45, 2.75) is 49.5 Å². The third-order valence-corrected chi connectivity index (χ3v) is 6.91. The molecule has 6 nitrogen and oxygen atoms in total. The minimum absolute atomic E-state index is 0.115. The molecular formula is C21H24FN3O3S. The van der Waals surface area contributed by atoms with Crippen LogP contribution in [-0.2, 0) is 16.4 Å². The highest BCUT2D eigenvalue weighted by atomic mass is 32.2. The summed E-state index contributed by atoms with van der Waals surface area (Å²) in [7, 11) is -3.80. The SMILES string of the molecule is O=C(NC1CCCCC1)N1CCc2cc(S(=O)(=O)Nc3ccc(F)cc3)ccc21. The van der Waals surface area contributed by atoms with Gasteiger partial charge < -0.3 is 5.32 Å². The van der Waals surface area contributed by atoms with Crippen LogP contribution in [0.4, 0.5) is 20.6 Å². The third kappa shape index (κ3) is 4.37. The second-order valence-corrected chi connectivity index (χ2v) is 9.27. The molecular weight excluding hydrogens is 393 g/mol. The monoisotopic (exact) mass is 417 g/mol. The van der Waals surface area contributed by atoms with Gasteiger partial charge in [0.15, 0.2) is 0 Å². The first kappa shape index (κ1) is 19.7. The van der Waals surface area contributed by atoms with E-state index in [2.05, 4.69) is 10.0 Å². The molecule has 0 spiro atoms. The van der Waals surface area contributed by atoms with Gasteiger partial charge in [-0.1, -0.05) is 19.3 Å². The van der Waals surface area contributed by atoms with Crippen LogP contribution < -0.4 is 14.9 Å². The van der Waals surface area contributed by atoms with Gasteiger partial charge in [-0.3, -0.25) is 9.62 Å². The molecule has 2 aliphatic rings. The van der Waals surface area contributed by atoms with E-state index in [1.165, 1.54) is 36.8 Å². The summed E-state index contributed by atoms with van der Waals surface area (Å²) in [4.78, 5) is 14.5. The van der Waals surface area contributed by atoms with E-state index in [4.69, 9.17) is 0 Å². The number of carbonyl (C=O) groups is 1. The maximum absolute atomic E-state index is 13.0. The number of fused-ring (bicyclic) bond motifs is 1. The lowest BCUT2D eigenvalue weighted by atomic mass is 9.96. The van der Waals surface area contributed by atoms with Crippen LogP contribution in [0, 0.1) is 5.82 Å². The quantitative estimate of drug-likeness (QED) is 0.788. The van der Waals surface area contributed by atoms with Gasteiger partial charge in [0.1, 0.15) is 5.82 Å². The van der Waals surface area contributed by atoms with Crippen molar-refractivity contribution in [2.24, 2.45) is 0 Å². The number of nitrogens with zero attached hydrogens (tertiary/aromatic N) is 1. The van der Waals surface area contributed by atoms with Crippen molar-refractivity contribution in [3.8, 4) is 0 Å². The highest BCUT2D eigenvalue weighted by Crippen LogP contribution is 2.31. The molecule has 2 aromatic carbocycles. The predicted molar refractivity (Wildman–Crippen MR) is 110 cm³/mol. The fourth-order valence-corrected chi connectivity index (χ4v) is 5.10. The molecule has 154 valence electrons. The molecule has 2 aromatic rings. The standard InChI is InChI=1S/C21H24FN3O3S/c22-16-6-8-18(9-7-16)24-29(27,28)19-10-11-20-15(14-19)12-13-25(20)21(26)23-17-4-2-1-3-5-17/h6-11,14,17,24H,1-5,12-13H2,(H,23,26). The van der Waals surface area contributed by atoms with Crippen LogP contribution >= 0.6 is 0 Å². The van der Waals surface area contributed by atoms with Gasteiger partial charge >= 0.3 is 6.03 Å². The highest BCUT2D eigenvalue weighted by molar-refractivity contribution is 7.92. The minimum atomic E-state index is -3.80. The molecule has 0 saturated heterocycles. The molecule has 2 amide bonds. The number of anilines is 2. The number of nitrogens with one attached hydrogen (secondary N) is 2. The van der Waals surface area contributed by atoms with Gasteiger partial charge in [0, 0.05) is 24.0 Å². The lowest BCUT2D eigenvalue weighted by molar-refractivity contribution is 0.238. The van der Waals surface area contributed by atoms with E-state index in [1.54, 1.807) is 17.0 Å². The zero-order chi connectivity index (χ0) is 20.4. The highest BCUT2D eigenvalue weighted by Gasteiger charge is 2.28. The summed E-state index contributed by atoms with van der Waals surface area (Å²) in [5, 5.41) is 3.11. The molecule has 1 aliphatic heterocycles. The largest absolute Gasteiger partial charge is 0.335 e. The van der Waals surface area contributed by atoms with Gasteiger partial charge in [0.2, 0.25) is 0 Å². The number of urea groups is 1. The van der Waals surface area contributed by atoms with E-state index in [-0.39, 0.29) is 17.0 Å². The van der Waals surface area contributed by atoms with Gasteiger partial charge in [-0.25, -0.2) is 17.6 Å². The number of rotatable bonds is 4. The Bertz CT molecular complexity index is 1000.